The summed E-state index contributed by atoms with van der Waals surface area (Å²) in [7, 11) is 0. The van der Waals surface area contributed by atoms with Crippen molar-refractivity contribution in [1.82, 2.24) is 0 Å². The predicted octanol–water partition coefficient (Wildman–Crippen LogP) is 5.07. The maximum Gasteiger partial charge on any atom is 0.119 e. The molecule has 0 aromatic heterocycles. The molecule has 0 fully saturated rings. The fraction of sp³-hybridized carbons (Fsp3) is 0.294. The van der Waals surface area contributed by atoms with Crippen LogP contribution in [0.3, 0.4) is 0 Å². The largest absolute Gasteiger partial charge is 0.494 e. The minimum absolute atomic E-state index is 0.338. The Kier molecular flexibility index (Phi) is 5.03. The molecule has 0 radical (unpaired) electrons. The second kappa shape index (κ2) is 6.76. The number of aryl methyl sites for hydroxylation is 1. The number of benzene rings is 2. The van der Waals surface area contributed by atoms with Gasteiger partial charge in [-0.3, -0.25) is 0 Å². The SMILES string of the molecule is CCOc1ccc(C(Br)Cc2cccc(C)c2)cc1. The van der Waals surface area contributed by atoms with Gasteiger partial charge in [-0.2, -0.15) is 0 Å². The monoisotopic (exact) mass is 318 g/mol. The molecule has 0 aliphatic rings. The number of halogens is 1. The van der Waals surface area contributed by atoms with Crippen LogP contribution in [0.5, 0.6) is 5.75 Å². The molecular weight excluding hydrogens is 300 g/mol. The molecule has 100 valence electrons. The second-order valence-corrected chi connectivity index (χ2v) is 5.77. The van der Waals surface area contributed by atoms with E-state index in [0.717, 1.165) is 12.2 Å². The van der Waals surface area contributed by atoms with E-state index in [2.05, 4.69) is 59.3 Å². The highest BCUT2D eigenvalue weighted by Crippen LogP contribution is 2.28. The molecule has 1 nitrogen and oxygen atoms in total. The van der Waals surface area contributed by atoms with Crippen molar-refractivity contribution in [3.8, 4) is 5.75 Å². The van der Waals surface area contributed by atoms with Gasteiger partial charge in [-0.05, 0) is 43.5 Å². The molecule has 2 aromatic rings. The molecule has 0 amide bonds. The molecule has 0 aliphatic heterocycles. The highest BCUT2D eigenvalue weighted by atomic mass is 79.9. The van der Waals surface area contributed by atoms with Crippen molar-refractivity contribution in [2.75, 3.05) is 6.61 Å². The third-order valence-electron chi connectivity index (χ3n) is 3.05. The van der Waals surface area contributed by atoms with Gasteiger partial charge in [-0.15, -0.1) is 0 Å². The molecule has 2 heteroatoms. The standard InChI is InChI=1S/C17H19BrO/c1-3-19-16-9-7-15(8-10-16)17(18)12-14-6-4-5-13(2)11-14/h4-11,17H,3,12H2,1-2H3. The predicted molar refractivity (Wildman–Crippen MR) is 84.2 cm³/mol. The summed E-state index contributed by atoms with van der Waals surface area (Å²) in [6.45, 7) is 4.84. The van der Waals surface area contributed by atoms with Crippen LogP contribution in [-0.2, 0) is 6.42 Å². The molecule has 19 heavy (non-hydrogen) atoms. The van der Waals surface area contributed by atoms with Gasteiger partial charge in [0.1, 0.15) is 5.75 Å². The number of hydrogen-bond donors (Lipinski definition) is 0. The molecule has 1 atom stereocenters. The van der Waals surface area contributed by atoms with E-state index < -0.39 is 0 Å². The maximum absolute atomic E-state index is 5.46. The van der Waals surface area contributed by atoms with Gasteiger partial charge in [-0.25, -0.2) is 0 Å². The Bertz CT molecular complexity index is 519. The summed E-state index contributed by atoms with van der Waals surface area (Å²) in [5.74, 6) is 0.932. The molecule has 2 aromatic carbocycles. The van der Waals surface area contributed by atoms with Crippen LogP contribution in [0.1, 0.15) is 28.4 Å². The van der Waals surface area contributed by atoms with E-state index in [-0.39, 0.29) is 0 Å². The summed E-state index contributed by atoms with van der Waals surface area (Å²) in [4.78, 5) is 0.338. The molecule has 0 bridgehead atoms. The Morgan fingerprint density at radius 2 is 1.84 bits per heavy atom. The van der Waals surface area contributed by atoms with Gasteiger partial charge in [0.25, 0.3) is 0 Å². The Morgan fingerprint density at radius 3 is 2.47 bits per heavy atom. The molecular formula is C17H19BrO. The van der Waals surface area contributed by atoms with Crippen molar-refractivity contribution in [1.29, 1.82) is 0 Å². The van der Waals surface area contributed by atoms with Crippen LogP contribution in [0.2, 0.25) is 0 Å². The van der Waals surface area contributed by atoms with E-state index in [4.69, 9.17) is 4.74 Å². The fourth-order valence-corrected chi connectivity index (χ4v) is 2.78. The second-order valence-electron chi connectivity index (χ2n) is 4.66. The first-order valence-corrected chi connectivity index (χ1v) is 7.53. The van der Waals surface area contributed by atoms with Gasteiger partial charge in [0, 0.05) is 4.83 Å². The van der Waals surface area contributed by atoms with Crippen LogP contribution >= 0.6 is 15.9 Å². The normalized spacial score (nSPS) is 12.2. The average molecular weight is 319 g/mol. The van der Waals surface area contributed by atoms with Crippen molar-refractivity contribution >= 4 is 15.9 Å². The smallest absolute Gasteiger partial charge is 0.119 e. The van der Waals surface area contributed by atoms with E-state index >= 15 is 0 Å². The lowest BCUT2D eigenvalue weighted by Crippen LogP contribution is -1.97. The van der Waals surface area contributed by atoms with Crippen molar-refractivity contribution in [2.45, 2.75) is 25.1 Å². The zero-order valence-corrected chi connectivity index (χ0v) is 13.0. The van der Waals surface area contributed by atoms with Crippen LogP contribution in [-0.4, -0.2) is 6.61 Å². The van der Waals surface area contributed by atoms with Gasteiger partial charge in [0.15, 0.2) is 0 Å². The quantitative estimate of drug-likeness (QED) is 0.699. The summed E-state index contributed by atoms with van der Waals surface area (Å²) >= 11 is 3.77. The van der Waals surface area contributed by atoms with Crippen LogP contribution < -0.4 is 4.74 Å². The third kappa shape index (κ3) is 4.10. The summed E-state index contributed by atoms with van der Waals surface area (Å²) in [6.07, 6.45) is 0.996. The zero-order valence-electron chi connectivity index (χ0n) is 11.4. The molecule has 0 saturated carbocycles. The van der Waals surface area contributed by atoms with Crippen LogP contribution in [0.4, 0.5) is 0 Å². The first kappa shape index (κ1) is 14.1. The summed E-state index contributed by atoms with van der Waals surface area (Å²) in [5, 5.41) is 0. The molecule has 0 saturated heterocycles. The minimum atomic E-state index is 0.338. The molecule has 2 rings (SSSR count). The Morgan fingerprint density at radius 1 is 1.11 bits per heavy atom. The van der Waals surface area contributed by atoms with Crippen molar-refractivity contribution in [2.24, 2.45) is 0 Å². The first-order chi connectivity index (χ1) is 9.19. The van der Waals surface area contributed by atoms with Crippen LogP contribution in [0, 0.1) is 6.92 Å². The molecule has 0 spiro atoms. The fourth-order valence-electron chi connectivity index (χ4n) is 2.10. The average Bonchev–Trinajstić information content (AvgIpc) is 2.40. The van der Waals surface area contributed by atoms with Crippen molar-refractivity contribution in [3.63, 3.8) is 0 Å². The maximum atomic E-state index is 5.46. The Labute approximate surface area is 123 Å². The summed E-state index contributed by atoms with van der Waals surface area (Å²) in [6, 6.07) is 17.0. The van der Waals surface area contributed by atoms with Gasteiger partial charge in [0.2, 0.25) is 0 Å². The number of ether oxygens (including phenoxy) is 1. The Balaban J connectivity index is 2.05. The third-order valence-corrected chi connectivity index (χ3v) is 3.90. The highest BCUT2D eigenvalue weighted by Gasteiger charge is 2.08. The van der Waals surface area contributed by atoms with Gasteiger partial charge in [0.05, 0.1) is 6.61 Å². The number of hydrogen-bond acceptors (Lipinski definition) is 1. The van der Waals surface area contributed by atoms with E-state index in [1.807, 2.05) is 19.1 Å². The van der Waals surface area contributed by atoms with E-state index in [1.165, 1.54) is 16.7 Å². The van der Waals surface area contributed by atoms with Gasteiger partial charge >= 0.3 is 0 Å². The number of rotatable bonds is 5. The molecule has 0 N–H and O–H groups in total. The van der Waals surface area contributed by atoms with E-state index in [0.29, 0.717) is 11.4 Å². The summed E-state index contributed by atoms with van der Waals surface area (Å²) in [5.41, 5.74) is 3.95. The van der Waals surface area contributed by atoms with E-state index in [1.54, 1.807) is 0 Å². The molecule has 1 unspecified atom stereocenters. The van der Waals surface area contributed by atoms with Gasteiger partial charge < -0.3 is 4.74 Å². The highest BCUT2D eigenvalue weighted by molar-refractivity contribution is 9.09. The summed E-state index contributed by atoms with van der Waals surface area (Å²) < 4.78 is 5.46. The Hall–Kier alpha value is -1.28. The lowest BCUT2D eigenvalue weighted by molar-refractivity contribution is 0.340. The topological polar surface area (TPSA) is 9.23 Å². The zero-order chi connectivity index (χ0) is 13.7. The van der Waals surface area contributed by atoms with Crippen LogP contribution in [0.15, 0.2) is 48.5 Å². The molecule has 0 heterocycles. The van der Waals surface area contributed by atoms with E-state index in [9.17, 15) is 0 Å². The number of alkyl halides is 1. The molecule has 0 aliphatic carbocycles. The lowest BCUT2D eigenvalue weighted by atomic mass is 10.0. The van der Waals surface area contributed by atoms with Crippen molar-refractivity contribution in [3.05, 3.63) is 65.2 Å². The van der Waals surface area contributed by atoms with Crippen molar-refractivity contribution < 1.29 is 4.74 Å². The van der Waals surface area contributed by atoms with Crippen LogP contribution in [0.25, 0.3) is 0 Å². The minimum Gasteiger partial charge on any atom is -0.494 e. The van der Waals surface area contributed by atoms with Gasteiger partial charge in [-0.1, -0.05) is 57.9 Å². The lowest BCUT2D eigenvalue weighted by Gasteiger charge is -2.12. The first-order valence-electron chi connectivity index (χ1n) is 6.61.